The minimum absolute atomic E-state index is 0.163. The lowest BCUT2D eigenvalue weighted by Gasteiger charge is -2.19. The van der Waals surface area contributed by atoms with Crippen LogP contribution in [-0.4, -0.2) is 25.5 Å². The summed E-state index contributed by atoms with van der Waals surface area (Å²) < 4.78 is 6.14. The topological polar surface area (TPSA) is 42.4 Å². The van der Waals surface area contributed by atoms with Crippen molar-refractivity contribution in [3.8, 4) is 0 Å². The molecule has 1 unspecified atom stereocenters. The SMILES string of the molecule is CN(C)C(CN)c1ccc(Br)o1. The van der Waals surface area contributed by atoms with Gasteiger partial charge in [-0.1, -0.05) is 0 Å². The van der Waals surface area contributed by atoms with E-state index in [0.29, 0.717) is 6.54 Å². The van der Waals surface area contributed by atoms with E-state index in [9.17, 15) is 0 Å². The molecule has 0 aromatic carbocycles. The fraction of sp³-hybridized carbons (Fsp3) is 0.500. The van der Waals surface area contributed by atoms with Crippen molar-refractivity contribution < 1.29 is 4.42 Å². The predicted molar refractivity (Wildman–Crippen MR) is 51.9 cm³/mol. The van der Waals surface area contributed by atoms with Gasteiger partial charge in [-0.15, -0.1) is 0 Å². The second kappa shape index (κ2) is 4.07. The van der Waals surface area contributed by atoms with Crippen molar-refractivity contribution in [2.75, 3.05) is 20.6 Å². The third-order valence-electron chi connectivity index (χ3n) is 1.77. The van der Waals surface area contributed by atoms with E-state index < -0.39 is 0 Å². The zero-order valence-corrected chi connectivity index (χ0v) is 8.84. The Labute approximate surface area is 80.7 Å². The summed E-state index contributed by atoms with van der Waals surface area (Å²) in [7, 11) is 3.96. The minimum Gasteiger partial charge on any atom is -0.453 e. The lowest BCUT2D eigenvalue weighted by Crippen LogP contribution is -2.26. The number of hydrogen-bond donors (Lipinski definition) is 1. The van der Waals surface area contributed by atoms with Crippen molar-refractivity contribution in [2.24, 2.45) is 5.73 Å². The molecule has 1 rings (SSSR count). The second-order valence-corrected chi connectivity index (χ2v) is 3.64. The Balaban J connectivity index is 2.80. The molecule has 0 spiro atoms. The smallest absolute Gasteiger partial charge is 0.169 e. The fourth-order valence-electron chi connectivity index (χ4n) is 1.09. The Morgan fingerprint density at radius 1 is 1.58 bits per heavy atom. The number of nitrogens with zero attached hydrogens (tertiary/aromatic N) is 1. The van der Waals surface area contributed by atoms with Gasteiger partial charge in [0.1, 0.15) is 5.76 Å². The van der Waals surface area contributed by atoms with Crippen LogP contribution in [0.4, 0.5) is 0 Å². The molecule has 0 saturated carbocycles. The average molecular weight is 233 g/mol. The van der Waals surface area contributed by atoms with Crippen LogP contribution < -0.4 is 5.73 Å². The van der Waals surface area contributed by atoms with Crippen molar-refractivity contribution in [3.05, 3.63) is 22.6 Å². The Kier molecular flexibility index (Phi) is 3.31. The Morgan fingerprint density at radius 2 is 2.25 bits per heavy atom. The summed E-state index contributed by atoms with van der Waals surface area (Å²) in [5.41, 5.74) is 5.60. The minimum atomic E-state index is 0.163. The monoisotopic (exact) mass is 232 g/mol. The summed E-state index contributed by atoms with van der Waals surface area (Å²) >= 11 is 3.25. The van der Waals surface area contributed by atoms with E-state index >= 15 is 0 Å². The molecule has 2 N–H and O–H groups in total. The van der Waals surface area contributed by atoms with Crippen molar-refractivity contribution in [2.45, 2.75) is 6.04 Å². The zero-order chi connectivity index (χ0) is 9.14. The highest BCUT2D eigenvalue weighted by atomic mass is 79.9. The van der Waals surface area contributed by atoms with Crippen molar-refractivity contribution >= 4 is 15.9 Å². The number of hydrogen-bond acceptors (Lipinski definition) is 3. The quantitative estimate of drug-likeness (QED) is 0.862. The van der Waals surface area contributed by atoms with Crippen molar-refractivity contribution in [3.63, 3.8) is 0 Å². The van der Waals surface area contributed by atoms with Crippen LogP contribution in [0.2, 0.25) is 0 Å². The first kappa shape index (κ1) is 9.77. The normalized spacial score (nSPS) is 13.8. The molecule has 0 amide bonds. The van der Waals surface area contributed by atoms with Crippen LogP contribution in [0.1, 0.15) is 11.8 Å². The van der Waals surface area contributed by atoms with E-state index in [2.05, 4.69) is 15.9 Å². The highest BCUT2D eigenvalue weighted by Crippen LogP contribution is 2.22. The first-order valence-electron chi connectivity index (χ1n) is 3.77. The molecule has 0 fully saturated rings. The summed E-state index contributed by atoms with van der Waals surface area (Å²) in [5.74, 6) is 0.898. The predicted octanol–water partition coefficient (Wildman–Crippen LogP) is 1.60. The van der Waals surface area contributed by atoms with Gasteiger partial charge in [-0.25, -0.2) is 0 Å². The summed E-state index contributed by atoms with van der Waals surface area (Å²) in [6.07, 6.45) is 0. The van der Waals surface area contributed by atoms with Crippen LogP contribution in [0.25, 0.3) is 0 Å². The highest BCUT2D eigenvalue weighted by molar-refractivity contribution is 9.10. The van der Waals surface area contributed by atoms with E-state index in [-0.39, 0.29) is 6.04 Å². The molecule has 4 heteroatoms. The van der Waals surface area contributed by atoms with Gasteiger partial charge >= 0.3 is 0 Å². The van der Waals surface area contributed by atoms with Crippen LogP contribution >= 0.6 is 15.9 Å². The molecule has 68 valence electrons. The number of rotatable bonds is 3. The van der Waals surface area contributed by atoms with E-state index in [1.807, 2.05) is 31.1 Å². The van der Waals surface area contributed by atoms with E-state index in [1.54, 1.807) is 0 Å². The summed E-state index contributed by atoms with van der Waals surface area (Å²) in [5, 5.41) is 0. The molecule has 3 nitrogen and oxygen atoms in total. The molecule has 1 aromatic rings. The van der Waals surface area contributed by atoms with Crippen molar-refractivity contribution in [1.82, 2.24) is 4.90 Å². The van der Waals surface area contributed by atoms with Crippen LogP contribution in [0.5, 0.6) is 0 Å². The number of likely N-dealkylation sites (N-methyl/N-ethyl adjacent to an activating group) is 1. The molecule has 1 aromatic heterocycles. The maximum absolute atomic E-state index is 5.60. The Hall–Kier alpha value is -0.320. The maximum Gasteiger partial charge on any atom is 0.169 e. The molecular weight excluding hydrogens is 220 g/mol. The van der Waals surface area contributed by atoms with Gasteiger partial charge in [0.15, 0.2) is 4.67 Å². The van der Waals surface area contributed by atoms with Gasteiger partial charge < -0.3 is 10.2 Å². The average Bonchev–Trinajstić information content (AvgIpc) is 2.37. The Bertz CT molecular complexity index is 247. The molecule has 1 heterocycles. The van der Waals surface area contributed by atoms with Gasteiger partial charge in [0.25, 0.3) is 0 Å². The maximum atomic E-state index is 5.60. The van der Waals surface area contributed by atoms with Crippen LogP contribution in [0.15, 0.2) is 21.2 Å². The van der Waals surface area contributed by atoms with Gasteiger partial charge in [0, 0.05) is 6.54 Å². The van der Waals surface area contributed by atoms with E-state index in [0.717, 1.165) is 10.4 Å². The largest absolute Gasteiger partial charge is 0.453 e. The van der Waals surface area contributed by atoms with Crippen LogP contribution in [0, 0.1) is 0 Å². The lowest BCUT2D eigenvalue weighted by atomic mass is 10.2. The number of nitrogens with two attached hydrogens (primary N) is 1. The third-order valence-corrected chi connectivity index (χ3v) is 2.20. The first-order chi connectivity index (χ1) is 5.65. The van der Waals surface area contributed by atoms with E-state index in [1.165, 1.54) is 0 Å². The van der Waals surface area contributed by atoms with Gasteiger partial charge in [-0.3, -0.25) is 4.90 Å². The van der Waals surface area contributed by atoms with Gasteiger partial charge in [-0.2, -0.15) is 0 Å². The van der Waals surface area contributed by atoms with Gasteiger partial charge in [0.05, 0.1) is 6.04 Å². The van der Waals surface area contributed by atoms with Gasteiger partial charge in [0.2, 0.25) is 0 Å². The molecule has 0 radical (unpaired) electrons. The summed E-state index contributed by atoms with van der Waals surface area (Å²) in [4.78, 5) is 2.03. The molecule has 1 atom stereocenters. The molecule has 0 bridgehead atoms. The Morgan fingerprint density at radius 3 is 2.58 bits per heavy atom. The highest BCUT2D eigenvalue weighted by Gasteiger charge is 2.15. The standard InChI is InChI=1S/C8H13BrN2O/c1-11(2)6(5-10)7-3-4-8(9)12-7/h3-4,6H,5,10H2,1-2H3. The third kappa shape index (κ3) is 2.09. The summed E-state index contributed by atoms with van der Waals surface area (Å²) in [6, 6.07) is 3.97. The van der Waals surface area contributed by atoms with Crippen LogP contribution in [-0.2, 0) is 0 Å². The molecule has 0 saturated heterocycles. The van der Waals surface area contributed by atoms with Gasteiger partial charge in [-0.05, 0) is 42.2 Å². The summed E-state index contributed by atoms with van der Waals surface area (Å²) in [6.45, 7) is 0.562. The lowest BCUT2D eigenvalue weighted by molar-refractivity contribution is 0.262. The molecule has 0 aliphatic carbocycles. The zero-order valence-electron chi connectivity index (χ0n) is 7.25. The molecule has 0 aliphatic rings. The van der Waals surface area contributed by atoms with E-state index in [4.69, 9.17) is 10.2 Å². The molecule has 0 aliphatic heterocycles. The number of furan rings is 1. The van der Waals surface area contributed by atoms with Crippen molar-refractivity contribution in [1.29, 1.82) is 0 Å². The molecule has 12 heavy (non-hydrogen) atoms. The second-order valence-electron chi connectivity index (χ2n) is 2.86. The fourth-order valence-corrected chi connectivity index (χ4v) is 1.41. The van der Waals surface area contributed by atoms with Crippen LogP contribution in [0.3, 0.4) is 0 Å². The molecular formula is C8H13BrN2O. The first-order valence-corrected chi connectivity index (χ1v) is 4.56. The number of halogens is 1.